The number of hydrogen-bond donors (Lipinski definition) is 1. The molecule has 1 saturated carbocycles. The van der Waals surface area contributed by atoms with Crippen LogP contribution in [0.15, 0.2) is 17.5 Å². The molecule has 1 unspecified atom stereocenters. The SMILES string of the molecule is CC(C)N(CC(O)COCc1cccs1)C1CCC1. The highest BCUT2D eigenvalue weighted by Crippen LogP contribution is 2.26. The Labute approximate surface area is 120 Å². The Bertz CT molecular complexity index is 349. The van der Waals surface area contributed by atoms with Crippen LogP contribution in [0.1, 0.15) is 38.0 Å². The fraction of sp³-hybridized carbons (Fsp3) is 0.733. The zero-order valence-electron chi connectivity index (χ0n) is 11.9. The molecule has 19 heavy (non-hydrogen) atoms. The predicted molar refractivity (Wildman–Crippen MR) is 79.5 cm³/mol. The molecule has 1 aliphatic carbocycles. The molecule has 0 aliphatic heterocycles. The Hall–Kier alpha value is -0.420. The van der Waals surface area contributed by atoms with Gasteiger partial charge in [0, 0.05) is 23.5 Å². The van der Waals surface area contributed by atoms with E-state index < -0.39 is 0 Å². The van der Waals surface area contributed by atoms with Crippen molar-refractivity contribution < 1.29 is 9.84 Å². The van der Waals surface area contributed by atoms with E-state index in [0.717, 1.165) is 6.54 Å². The molecule has 0 amide bonds. The van der Waals surface area contributed by atoms with Crippen LogP contribution in [0.4, 0.5) is 0 Å². The van der Waals surface area contributed by atoms with Crippen molar-refractivity contribution in [2.75, 3.05) is 13.2 Å². The highest BCUT2D eigenvalue weighted by Gasteiger charge is 2.28. The zero-order valence-corrected chi connectivity index (χ0v) is 12.7. The molecule has 0 bridgehead atoms. The summed E-state index contributed by atoms with van der Waals surface area (Å²) in [6.45, 7) is 6.18. The van der Waals surface area contributed by atoms with Crippen LogP contribution < -0.4 is 0 Å². The van der Waals surface area contributed by atoms with E-state index in [1.54, 1.807) is 11.3 Å². The first-order valence-corrected chi connectivity index (χ1v) is 8.08. The molecule has 108 valence electrons. The fourth-order valence-electron chi connectivity index (χ4n) is 2.49. The van der Waals surface area contributed by atoms with Crippen LogP contribution in [0, 0.1) is 0 Å². The van der Waals surface area contributed by atoms with Crippen LogP contribution in [-0.2, 0) is 11.3 Å². The lowest BCUT2D eigenvalue weighted by molar-refractivity contribution is -0.0146. The van der Waals surface area contributed by atoms with Gasteiger partial charge in [0.15, 0.2) is 0 Å². The topological polar surface area (TPSA) is 32.7 Å². The van der Waals surface area contributed by atoms with E-state index in [4.69, 9.17) is 4.74 Å². The molecule has 1 fully saturated rings. The summed E-state index contributed by atoms with van der Waals surface area (Å²) < 4.78 is 5.59. The molecule has 1 heterocycles. The molecule has 1 aliphatic rings. The van der Waals surface area contributed by atoms with E-state index in [1.807, 2.05) is 11.4 Å². The Morgan fingerprint density at radius 3 is 2.79 bits per heavy atom. The summed E-state index contributed by atoms with van der Waals surface area (Å²) in [6, 6.07) is 5.26. The lowest BCUT2D eigenvalue weighted by Gasteiger charge is -2.41. The molecule has 3 nitrogen and oxygen atoms in total. The lowest BCUT2D eigenvalue weighted by atomic mass is 9.90. The van der Waals surface area contributed by atoms with Gasteiger partial charge >= 0.3 is 0 Å². The Balaban J connectivity index is 1.68. The molecule has 0 aromatic carbocycles. The standard InChI is InChI=1S/C15H25NO2S/c1-12(2)16(13-5-3-6-13)9-14(17)10-18-11-15-7-4-8-19-15/h4,7-8,12-14,17H,3,5-6,9-11H2,1-2H3. The fourth-order valence-corrected chi connectivity index (χ4v) is 3.13. The largest absolute Gasteiger partial charge is 0.389 e. The van der Waals surface area contributed by atoms with Gasteiger partial charge in [0.2, 0.25) is 0 Å². The second kappa shape index (κ2) is 7.39. The van der Waals surface area contributed by atoms with Gasteiger partial charge in [-0.2, -0.15) is 0 Å². The third-order valence-corrected chi connectivity index (χ3v) is 4.61. The molecule has 0 radical (unpaired) electrons. The van der Waals surface area contributed by atoms with Gasteiger partial charge in [-0.3, -0.25) is 4.90 Å². The molecule has 0 saturated heterocycles. The van der Waals surface area contributed by atoms with Crippen molar-refractivity contribution in [3.63, 3.8) is 0 Å². The van der Waals surface area contributed by atoms with Crippen molar-refractivity contribution in [1.82, 2.24) is 4.90 Å². The van der Waals surface area contributed by atoms with Crippen LogP contribution in [0.25, 0.3) is 0 Å². The van der Waals surface area contributed by atoms with Gasteiger partial charge in [-0.15, -0.1) is 11.3 Å². The summed E-state index contributed by atoms with van der Waals surface area (Å²) in [5.41, 5.74) is 0. The van der Waals surface area contributed by atoms with Crippen molar-refractivity contribution in [2.45, 2.75) is 57.9 Å². The molecular weight excluding hydrogens is 258 g/mol. The van der Waals surface area contributed by atoms with Crippen molar-refractivity contribution in [1.29, 1.82) is 0 Å². The third-order valence-electron chi connectivity index (χ3n) is 3.76. The predicted octanol–water partition coefficient (Wildman–Crippen LogP) is 2.89. The molecule has 0 spiro atoms. The summed E-state index contributed by atoms with van der Waals surface area (Å²) in [6.07, 6.45) is 3.50. The van der Waals surface area contributed by atoms with Gasteiger partial charge in [0.25, 0.3) is 0 Å². The second-order valence-corrected chi connectivity index (χ2v) is 6.66. The van der Waals surface area contributed by atoms with Crippen LogP contribution in [0.5, 0.6) is 0 Å². The number of thiophene rings is 1. The number of nitrogens with zero attached hydrogens (tertiary/aromatic N) is 1. The smallest absolute Gasteiger partial charge is 0.0900 e. The summed E-state index contributed by atoms with van der Waals surface area (Å²) in [4.78, 5) is 3.63. The Morgan fingerprint density at radius 2 is 2.26 bits per heavy atom. The molecule has 1 aromatic heterocycles. The van der Waals surface area contributed by atoms with Gasteiger partial charge in [-0.05, 0) is 38.1 Å². The summed E-state index contributed by atoms with van der Waals surface area (Å²) >= 11 is 1.69. The maximum absolute atomic E-state index is 10.1. The molecule has 1 aromatic rings. The van der Waals surface area contributed by atoms with E-state index in [0.29, 0.717) is 25.3 Å². The molecule has 1 atom stereocenters. The summed E-state index contributed by atoms with van der Waals surface area (Å²) in [7, 11) is 0. The van der Waals surface area contributed by atoms with Gasteiger partial charge in [0.05, 0.1) is 19.3 Å². The number of hydrogen-bond acceptors (Lipinski definition) is 4. The van der Waals surface area contributed by atoms with Gasteiger partial charge in [0.1, 0.15) is 0 Å². The highest BCUT2D eigenvalue weighted by molar-refractivity contribution is 7.09. The van der Waals surface area contributed by atoms with Crippen molar-refractivity contribution in [3.8, 4) is 0 Å². The number of ether oxygens (including phenoxy) is 1. The highest BCUT2D eigenvalue weighted by atomic mass is 32.1. The van der Waals surface area contributed by atoms with E-state index >= 15 is 0 Å². The summed E-state index contributed by atoms with van der Waals surface area (Å²) in [5, 5.41) is 12.2. The van der Waals surface area contributed by atoms with Gasteiger partial charge in [-0.1, -0.05) is 12.5 Å². The molecule has 4 heteroatoms. The first-order chi connectivity index (χ1) is 9.16. The molecular formula is C15H25NO2S. The van der Waals surface area contributed by atoms with E-state index in [9.17, 15) is 5.11 Å². The van der Waals surface area contributed by atoms with Crippen LogP contribution in [0.3, 0.4) is 0 Å². The van der Waals surface area contributed by atoms with Crippen LogP contribution in [-0.4, -0.2) is 41.3 Å². The third kappa shape index (κ3) is 4.56. The lowest BCUT2D eigenvalue weighted by Crippen LogP contribution is -2.48. The second-order valence-electron chi connectivity index (χ2n) is 5.62. The van der Waals surface area contributed by atoms with E-state index in [1.165, 1.54) is 24.1 Å². The Kier molecular flexibility index (Phi) is 5.82. The van der Waals surface area contributed by atoms with Crippen molar-refractivity contribution >= 4 is 11.3 Å². The van der Waals surface area contributed by atoms with E-state index in [2.05, 4.69) is 24.8 Å². The van der Waals surface area contributed by atoms with Crippen molar-refractivity contribution in [2.24, 2.45) is 0 Å². The normalized spacial score (nSPS) is 17.9. The van der Waals surface area contributed by atoms with Gasteiger partial charge < -0.3 is 9.84 Å². The summed E-state index contributed by atoms with van der Waals surface area (Å²) in [5.74, 6) is 0. The number of rotatable bonds is 8. The number of aliphatic hydroxyl groups is 1. The minimum Gasteiger partial charge on any atom is -0.389 e. The zero-order chi connectivity index (χ0) is 13.7. The first-order valence-electron chi connectivity index (χ1n) is 7.20. The van der Waals surface area contributed by atoms with Crippen LogP contribution >= 0.6 is 11.3 Å². The minimum absolute atomic E-state index is 0.386. The van der Waals surface area contributed by atoms with E-state index in [-0.39, 0.29) is 6.10 Å². The van der Waals surface area contributed by atoms with Gasteiger partial charge in [-0.25, -0.2) is 0 Å². The first kappa shape index (κ1) is 15.0. The molecule has 1 N–H and O–H groups in total. The minimum atomic E-state index is -0.386. The Morgan fingerprint density at radius 1 is 1.47 bits per heavy atom. The van der Waals surface area contributed by atoms with Crippen LogP contribution in [0.2, 0.25) is 0 Å². The van der Waals surface area contributed by atoms with Crippen molar-refractivity contribution in [3.05, 3.63) is 22.4 Å². The quantitative estimate of drug-likeness (QED) is 0.796. The monoisotopic (exact) mass is 283 g/mol. The maximum atomic E-state index is 10.1. The number of aliphatic hydroxyl groups excluding tert-OH is 1. The average molecular weight is 283 g/mol. The maximum Gasteiger partial charge on any atom is 0.0900 e. The average Bonchev–Trinajstić information content (AvgIpc) is 2.78. The molecule has 2 rings (SSSR count).